The summed E-state index contributed by atoms with van der Waals surface area (Å²) in [6.07, 6.45) is 5.75. The summed E-state index contributed by atoms with van der Waals surface area (Å²) in [6, 6.07) is 0.167. The number of hydrogen-bond acceptors (Lipinski definition) is 4. The zero-order chi connectivity index (χ0) is 18.4. The van der Waals surface area contributed by atoms with Crippen LogP contribution in [-0.4, -0.2) is 54.3 Å². The summed E-state index contributed by atoms with van der Waals surface area (Å²) >= 11 is 0. The van der Waals surface area contributed by atoms with Crippen LogP contribution in [0.2, 0.25) is 0 Å². The Kier molecular flexibility index (Phi) is 7.11. The second kappa shape index (κ2) is 8.88. The van der Waals surface area contributed by atoms with E-state index in [1.54, 1.807) is 4.90 Å². The van der Waals surface area contributed by atoms with E-state index in [1.165, 1.54) is 0 Å². The van der Waals surface area contributed by atoms with Gasteiger partial charge in [-0.3, -0.25) is 4.79 Å². The molecule has 0 aromatic carbocycles. The minimum Gasteiger partial charge on any atom is -0.444 e. The minimum absolute atomic E-state index is 0.0103. The molecule has 2 atom stereocenters. The first-order valence-electron chi connectivity index (χ1n) is 9.64. The standard InChI is InChI=1S/C19H34N2O4/c1-14(7-8-16-6-5-13-24-16)20-17(22)15-9-11-21(12-10-15)18(23)25-19(2,3)4/h14-16H,5-13H2,1-4H3,(H,20,22). The Morgan fingerprint density at radius 3 is 2.48 bits per heavy atom. The molecule has 6 nitrogen and oxygen atoms in total. The number of carbonyl (C=O) groups excluding carboxylic acids is 2. The van der Waals surface area contributed by atoms with E-state index in [0.29, 0.717) is 32.0 Å². The predicted octanol–water partition coefficient (Wildman–Crippen LogP) is 3.10. The molecular weight excluding hydrogens is 320 g/mol. The van der Waals surface area contributed by atoms with E-state index in [0.717, 1.165) is 32.3 Å². The van der Waals surface area contributed by atoms with Crippen molar-refractivity contribution in [1.82, 2.24) is 10.2 Å². The van der Waals surface area contributed by atoms with Gasteiger partial charge in [-0.1, -0.05) is 0 Å². The monoisotopic (exact) mass is 354 g/mol. The third-order valence-electron chi connectivity index (χ3n) is 4.85. The van der Waals surface area contributed by atoms with Crippen LogP contribution >= 0.6 is 0 Å². The molecule has 144 valence electrons. The number of hydrogen-bond donors (Lipinski definition) is 1. The zero-order valence-corrected chi connectivity index (χ0v) is 16.2. The van der Waals surface area contributed by atoms with E-state index in [2.05, 4.69) is 12.2 Å². The number of likely N-dealkylation sites (tertiary alicyclic amines) is 1. The molecule has 2 aliphatic heterocycles. The average Bonchev–Trinajstić information content (AvgIpc) is 3.05. The van der Waals surface area contributed by atoms with Crippen LogP contribution in [0, 0.1) is 5.92 Å². The molecule has 0 aromatic heterocycles. The van der Waals surface area contributed by atoms with Crippen molar-refractivity contribution in [2.24, 2.45) is 5.92 Å². The summed E-state index contributed by atoms with van der Waals surface area (Å²) in [5, 5.41) is 3.13. The number of nitrogens with one attached hydrogen (secondary N) is 1. The lowest BCUT2D eigenvalue weighted by Crippen LogP contribution is -2.46. The smallest absolute Gasteiger partial charge is 0.410 e. The molecule has 1 N–H and O–H groups in total. The number of amides is 2. The highest BCUT2D eigenvalue weighted by molar-refractivity contribution is 5.79. The van der Waals surface area contributed by atoms with E-state index in [9.17, 15) is 9.59 Å². The first kappa shape index (κ1) is 20.0. The van der Waals surface area contributed by atoms with Crippen LogP contribution in [0.5, 0.6) is 0 Å². The van der Waals surface area contributed by atoms with Crippen LogP contribution in [-0.2, 0) is 14.3 Å². The summed E-state index contributed by atoms with van der Waals surface area (Å²) in [7, 11) is 0. The molecule has 2 rings (SSSR count). The molecule has 2 fully saturated rings. The molecule has 0 radical (unpaired) electrons. The fraction of sp³-hybridized carbons (Fsp3) is 0.895. The van der Waals surface area contributed by atoms with Crippen molar-refractivity contribution in [3.8, 4) is 0 Å². The van der Waals surface area contributed by atoms with Crippen molar-refractivity contribution in [3.63, 3.8) is 0 Å². The predicted molar refractivity (Wildman–Crippen MR) is 96.3 cm³/mol. The first-order valence-corrected chi connectivity index (χ1v) is 9.64. The minimum atomic E-state index is -0.482. The highest BCUT2D eigenvalue weighted by Gasteiger charge is 2.30. The number of carbonyl (C=O) groups is 2. The van der Waals surface area contributed by atoms with Gasteiger partial charge in [0.05, 0.1) is 6.10 Å². The summed E-state index contributed by atoms with van der Waals surface area (Å²) in [5.41, 5.74) is -0.482. The largest absolute Gasteiger partial charge is 0.444 e. The maximum absolute atomic E-state index is 12.4. The third kappa shape index (κ3) is 6.84. The molecule has 2 saturated heterocycles. The van der Waals surface area contributed by atoms with Crippen LogP contribution < -0.4 is 5.32 Å². The molecule has 0 spiro atoms. The Bertz CT molecular complexity index is 447. The van der Waals surface area contributed by atoms with Gasteiger partial charge >= 0.3 is 6.09 Å². The van der Waals surface area contributed by atoms with Gasteiger partial charge in [0.25, 0.3) is 0 Å². The van der Waals surface area contributed by atoms with Crippen LogP contribution in [0.15, 0.2) is 0 Å². The normalized spacial score (nSPS) is 23.4. The second-order valence-electron chi connectivity index (χ2n) is 8.36. The molecule has 2 aliphatic rings. The van der Waals surface area contributed by atoms with Crippen LogP contribution in [0.1, 0.15) is 66.2 Å². The SMILES string of the molecule is CC(CCC1CCCO1)NC(=O)C1CCN(C(=O)OC(C)(C)C)CC1. The van der Waals surface area contributed by atoms with Crippen LogP contribution in [0.3, 0.4) is 0 Å². The van der Waals surface area contributed by atoms with Crippen molar-refractivity contribution in [1.29, 1.82) is 0 Å². The van der Waals surface area contributed by atoms with Gasteiger partial charge in [-0.15, -0.1) is 0 Å². The number of piperidine rings is 1. The van der Waals surface area contributed by atoms with Crippen molar-refractivity contribution < 1.29 is 19.1 Å². The summed E-state index contributed by atoms with van der Waals surface area (Å²) in [4.78, 5) is 26.2. The Hall–Kier alpha value is -1.30. The summed E-state index contributed by atoms with van der Waals surface area (Å²) < 4.78 is 11.0. The first-order chi connectivity index (χ1) is 11.7. The molecule has 0 bridgehead atoms. The molecule has 0 aromatic rings. The molecule has 2 heterocycles. The van der Waals surface area contributed by atoms with Gasteiger partial charge < -0.3 is 19.7 Å². The third-order valence-corrected chi connectivity index (χ3v) is 4.85. The Balaban J connectivity index is 1.67. The maximum atomic E-state index is 12.4. The summed E-state index contributed by atoms with van der Waals surface area (Å²) in [5.74, 6) is 0.104. The van der Waals surface area contributed by atoms with E-state index < -0.39 is 5.60 Å². The Morgan fingerprint density at radius 2 is 1.92 bits per heavy atom. The quantitative estimate of drug-likeness (QED) is 0.824. The fourth-order valence-corrected chi connectivity index (χ4v) is 3.39. The van der Waals surface area contributed by atoms with Crippen molar-refractivity contribution >= 4 is 12.0 Å². The molecule has 2 unspecified atom stereocenters. The fourth-order valence-electron chi connectivity index (χ4n) is 3.39. The molecule has 2 amide bonds. The Labute approximate surface area is 151 Å². The van der Waals surface area contributed by atoms with Gasteiger partial charge in [-0.25, -0.2) is 4.79 Å². The molecule has 25 heavy (non-hydrogen) atoms. The van der Waals surface area contributed by atoms with Crippen molar-refractivity contribution in [2.75, 3.05) is 19.7 Å². The van der Waals surface area contributed by atoms with Crippen LogP contribution in [0.25, 0.3) is 0 Å². The zero-order valence-electron chi connectivity index (χ0n) is 16.2. The highest BCUT2D eigenvalue weighted by atomic mass is 16.6. The molecule has 0 aliphatic carbocycles. The van der Waals surface area contributed by atoms with Crippen LogP contribution in [0.4, 0.5) is 4.79 Å². The van der Waals surface area contributed by atoms with Crippen molar-refractivity contribution in [2.45, 2.75) is 84.0 Å². The van der Waals surface area contributed by atoms with Gasteiger partial charge in [0.1, 0.15) is 5.60 Å². The molecular formula is C19H34N2O4. The summed E-state index contributed by atoms with van der Waals surface area (Å²) in [6.45, 7) is 9.69. The Morgan fingerprint density at radius 1 is 1.24 bits per heavy atom. The lowest BCUT2D eigenvalue weighted by molar-refractivity contribution is -0.127. The van der Waals surface area contributed by atoms with Crippen molar-refractivity contribution in [3.05, 3.63) is 0 Å². The van der Waals surface area contributed by atoms with Gasteiger partial charge in [0, 0.05) is 31.7 Å². The molecule has 6 heteroatoms. The highest BCUT2D eigenvalue weighted by Crippen LogP contribution is 2.21. The average molecular weight is 354 g/mol. The topological polar surface area (TPSA) is 67.9 Å². The van der Waals surface area contributed by atoms with E-state index >= 15 is 0 Å². The van der Waals surface area contributed by atoms with Gasteiger partial charge in [0.15, 0.2) is 0 Å². The van der Waals surface area contributed by atoms with E-state index in [-0.39, 0.29) is 24.0 Å². The van der Waals surface area contributed by atoms with E-state index in [4.69, 9.17) is 9.47 Å². The number of nitrogens with zero attached hydrogens (tertiary/aromatic N) is 1. The maximum Gasteiger partial charge on any atom is 0.410 e. The lowest BCUT2D eigenvalue weighted by Gasteiger charge is -2.33. The van der Waals surface area contributed by atoms with Gasteiger partial charge in [0.2, 0.25) is 5.91 Å². The lowest BCUT2D eigenvalue weighted by atomic mass is 9.95. The van der Waals surface area contributed by atoms with Gasteiger partial charge in [-0.2, -0.15) is 0 Å². The number of rotatable bonds is 5. The number of ether oxygens (including phenoxy) is 2. The molecule has 0 saturated carbocycles. The van der Waals surface area contributed by atoms with E-state index in [1.807, 2.05) is 20.8 Å². The van der Waals surface area contributed by atoms with Gasteiger partial charge in [-0.05, 0) is 66.2 Å². The second-order valence-corrected chi connectivity index (χ2v) is 8.36.